The van der Waals surface area contributed by atoms with Crippen LogP contribution in [0.25, 0.3) is 11.1 Å². The zero-order valence-corrected chi connectivity index (χ0v) is 19.4. The molecule has 0 fully saturated rings. The molecule has 0 aromatic heterocycles. The van der Waals surface area contributed by atoms with E-state index in [1.54, 1.807) is 43.5 Å². The Morgan fingerprint density at radius 2 is 0.914 bits per heavy atom. The number of hydrogen-bond acceptors (Lipinski definition) is 6. The van der Waals surface area contributed by atoms with Crippen molar-refractivity contribution < 1.29 is 28.5 Å². The van der Waals surface area contributed by atoms with E-state index in [1.807, 2.05) is 60.7 Å². The number of hydrogen-bond donors (Lipinski definition) is 0. The predicted octanol–water partition coefficient (Wildman–Crippen LogP) is 6.46. The van der Waals surface area contributed by atoms with Crippen molar-refractivity contribution in [1.29, 1.82) is 0 Å². The van der Waals surface area contributed by atoms with Crippen LogP contribution >= 0.6 is 0 Å². The average Bonchev–Trinajstić information content (AvgIpc) is 2.86. The minimum atomic E-state index is -0.814. The second-order valence-corrected chi connectivity index (χ2v) is 7.77. The zero-order chi connectivity index (χ0) is 24.6. The molecule has 0 unspecified atom stereocenters. The van der Waals surface area contributed by atoms with Crippen LogP contribution in [0.15, 0.2) is 97.1 Å². The normalized spacial score (nSPS) is 10.3. The van der Waals surface area contributed by atoms with Crippen molar-refractivity contribution >= 4 is 12.1 Å². The van der Waals surface area contributed by atoms with E-state index < -0.39 is 6.16 Å². The molecule has 0 bridgehead atoms. The highest BCUT2D eigenvalue weighted by Crippen LogP contribution is 2.25. The first-order valence-corrected chi connectivity index (χ1v) is 11.0. The van der Waals surface area contributed by atoms with Crippen LogP contribution in [0.4, 0.5) is 4.79 Å². The predicted molar refractivity (Wildman–Crippen MR) is 132 cm³/mol. The number of benzene rings is 4. The third-order valence-corrected chi connectivity index (χ3v) is 5.20. The molecule has 6 heteroatoms. The SMILES string of the molecule is COc1ccc(Cc2ccc(OC(=O)Oc3ccc(-c4ccc(OC(C)=O)cc4)cc3)cc2)cc1. The molecule has 4 aromatic rings. The van der Waals surface area contributed by atoms with Crippen LogP contribution in [-0.2, 0) is 11.2 Å². The summed E-state index contributed by atoms with van der Waals surface area (Å²) in [5.74, 6) is 1.71. The van der Waals surface area contributed by atoms with Gasteiger partial charge in [0.25, 0.3) is 0 Å². The van der Waals surface area contributed by atoms with Gasteiger partial charge in [0.15, 0.2) is 0 Å². The lowest BCUT2D eigenvalue weighted by atomic mass is 10.0. The Hall–Kier alpha value is -4.58. The minimum absolute atomic E-state index is 0.365. The molecule has 0 N–H and O–H groups in total. The van der Waals surface area contributed by atoms with Crippen molar-refractivity contribution in [2.45, 2.75) is 13.3 Å². The molecular formula is C29H24O6. The summed E-state index contributed by atoms with van der Waals surface area (Å²) in [6, 6.07) is 29.4. The summed E-state index contributed by atoms with van der Waals surface area (Å²) in [6.07, 6.45) is -0.0560. The number of carbonyl (C=O) groups is 2. The van der Waals surface area contributed by atoms with E-state index >= 15 is 0 Å². The van der Waals surface area contributed by atoms with Gasteiger partial charge in [-0.2, -0.15) is 0 Å². The summed E-state index contributed by atoms with van der Waals surface area (Å²) >= 11 is 0. The summed E-state index contributed by atoms with van der Waals surface area (Å²) in [6.45, 7) is 1.36. The van der Waals surface area contributed by atoms with E-state index in [0.29, 0.717) is 17.2 Å². The van der Waals surface area contributed by atoms with Crippen molar-refractivity contribution in [3.63, 3.8) is 0 Å². The molecule has 0 atom stereocenters. The summed E-state index contributed by atoms with van der Waals surface area (Å²) in [4.78, 5) is 23.2. The van der Waals surface area contributed by atoms with E-state index in [1.165, 1.54) is 6.92 Å². The standard InChI is InChI=1S/C29H24O6/c1-20(30)33-26-15-7-23(8-16-26)24-9-17-28(18-10-24)35-29(31)34-27-13-5-22(6-14-27)19-21-3-11-25(32-2)12-4-21/h3-18H,19H2,1-2H3. The first-order chi connectivity index (χ1) is 17.0. The van der Waals surface area contributed by atoms with Gasteiger partial charge in [-0.15, -0.1) is 0 Å². The first kappa shape index (κ1) is 23.6. The molecule has 176 valence electrons. The maximum atomic E-state index is 12.2. The van der Waals surface area contributed by atoms with Crippen LogP contribution in [0.5, 0.6) is 23.0 Å². The molecule has 0 aliphatic heterocycles. The minimum Gasteiger partial charge on any atom is -0.497 e. The van der Waals surface area contributed by atoms with Crippen LogP contribution in [0.1, 0.15) is 18.1 Å². The Morgan fingerprint density at radius 3 is 1.31 bits per heavy atom. The van der Waals surface area contributed by atoms with Gasteiger partial charge in [-0.3, -0.25) is 4.79 Å². The zero-order valence-electron chi connectivity index (χ0n) is 19.4. The van der Waals surface area contributed by atoms with Crippen LogP contribution in [-0.4, -0.2) is 19.2 Å². The number of rotatable bonds is 7. The lowest BCUT2D eigenvalue weighted by Crippen LogP contribution is -2.13. The van der Waals surface area contributed by atoms with Gasteiger partial charge < -0.3 is 18.9 Å². The van der Waals surface area contributed by atoms with Gasteiger partial charge in [0.05, 0.1) is 7.11 Å². The Balaban J connectivity index is 1.30. The van der Waals surface area contributed by atoms with E-state index in [9.17, 15) is 9.59 Å². The van der Waals surface area contributed by atoms with Crippen LogP contribution in [0, 0.1) is 0 Å². The van der Waals surface area contributed by atoms with Crippen LogP contribution in [0.2, 0.25) is 0 Å². The highest BCUT2D eigenvalue weighted by atomic mass is 16.7. The van der Waals surface area contributed by atoms with Crippen molar-refractivity contribution in [2.24, 2.45) is 0 Å². The monoisotopic (exact) mass is 468 g/mol. The van der Waals surface area contributed by atoms with Crippen molar-refractivity contribution in [3.05, 3.63) is 108 Å². The topological polar surface area (TPSA) is 71.1 Å². The van der Waals surface area contributed by atoms with E-state index in [2.05, 4.69) is 0 Å². The number of carbonyl (C=O) groups excluding carboxylic acids is 2. The van der Waals surface area contributed by atoms with Gasteiger partial charge in [0, 0.05) is 6.92 Å². The van der Waals surface area contributed by atoms with Gasteiger partial charge >= 0.3 is 12.1 Å². The summed E-state index contributed by atoms with van der Waals surface area (Å²) in [5, 5.41) is 0. The molecule has 0 aliphatic rings. The fraction of sp³-hybridized carbons (Fsp3) is 0.103. The summed E-state index contributed by atoms with van der Waals surface area (Å²) in [7, 11) is 1.64. The van der Waals surface area contributed by atoms with Gasteiger partial charge in [0.2, 0.25) is 0 Å². The fourth-order valence-corrected chi connectivity index (χ4v) is 3.46. The van der Waals surface area contributed by atoms with Gasteiger partial charge in [-0.1, -0.05) is 48.5 Å². The van der Waals surface area contributed by atoms with E-state index in [-0.39, 0.29) is 5.97 Å². The third kappa shape index (κ3) is 6.71. The second kappa shape index (κ2) is 11.0. The Labute approximate surface area is 203 Å². The average molecular weight is 469 g/mol. The molecule has 0 heterocycles. The van der Waals surface area contributed by atoms with Crippen molar-refractivity contribution in [2.75, 3.05) is 7.11 Å². The number of methoxy groups -OCH3 is 1. The third-order valence-electron chi connectivity index (χ3n) is 5.20. The number of ether oxygens (including phenoxy) is 4. The van der Waals surface area contributed by atoms with Crippen LogP contribution < -0.4 is 18.9 Å². The van der Waals surface area contributed by atoms with Crippen molar-refractivity contribution in [1.82, 2.24) is 0 Å². The van der Waals surface area contributed by atoms with Gasteiger partial charge in [-0.05, 0) is 77.2 Å². The quantitative estimate of drug-likeness (QED) is 0.176. The van der Waals surface area contributed by atoms with Gasteiger partial charge in [0.1, 0.15) is 23.0 Å². The molecule has 0 aliphatic carbocycles. The van der Waals surface area contributed by atoms with E-state index in [4.69, 9.17) is 18.9 Å². The highest BCUT2D eigenvalue weighted by Gasteiger charge is 2.09. The molecule has 0 radical (unpaired) electrons. The maximum Gasteiger partial charge on any atom is 0.519 e. The molecule has 0 amide bonds. The Kier molecular flexibility index (Phi) is 7.43. The Bertz CT molecular complexity index is 1280. The largest absolute Gasteiger partial charge is 0.519 e. The maximum absolute atomic E-state index is 12.2. The molecule has 0 spiro atoms. The molecule has 0 saturated carbocycles. The lowest BCUT2D eigenvalue weighted by Gasteiger charge is -2.08. The number of esters is 1. The van der Waals surface area contributed by atoms with Crippen LogP contribution in [0.3, 0.4) is 0 Å². The second-order valence-electron chi connectivity index (χ2n) is 7.77. The van der Waals surface area contributed by atoms with E-state index in [0.717, 1.165) is 34.4 Å². The molecule has 4 aromatic carbocycles. The Morgan fingerprint density at radius 1 is 0.543 bits per heavy atom. The highest BCUT2D eigenvalue weighted by molar-refractivity contribution is 5.71. The summed E-state index contributed by atoms with van der Waals surface area (Å²) < 4.78 is 20.8. The summed E-state index contributed by atoms with van der Waals surface area (Å²) in [5.41, 5.74) is 4.10. The molecule has 4 rings (SSSR count). The first-order valence-electron chi connectivity index (χ1n) is 11.0. The smallest absolute Gasteiger partial charge is 0.497 e. The lowest BCUT2D eigenvalue weighted by molar-refractivity contribution is -0.131. The molecule has 35 heavy (non-hydrogen) atoms. The molecule has 6 nitrogen and oxygen atoms in total. The van der Waals surface area contributed by atoms with Gasteiger partial charge in [-0.25, -0.2) is 4.79 Å². The van der Waals surface area contributed by atoms with Crippen molar-refractivity contribution in [3.8, 4) is 34.1 Å². The fourth-order valence-electron chi connectivity index (χ4n) is 3.46. The molecule has 0 saturated heterocycles. The molecular weight excluding hydrogens is 444 g/mol.